The first-order valence-electron chi connectivity index (χ1n) is 9.81. The number of alkyl halides is 3. The minimum atomic E-state index is -4.53. The molecule has 0 aliphatic carbocycles. The van der Waals surface area contributed by atoms with Crippen molar-refractivity contribution in [3.63, 3.8) is 0 Å². The van der Waals surface area contributed by atoms with Gasteiger partial charge in [0, 0.05) is 12.0 Å². The van der Waals surface area contributed by atoms with Crippen molar-refractivity contribution in [2.45, 2.75) is 70.6 Å². The van der Waals surface area contributed by atoms with Gasteiger partial charge in [0.15, 0.2) is 6.04 Å². The van der Waals surface area contributed by atoms with Crippen LogP contribution in [-0.2, 0) is 11.2 Å². The highest BCUT2D eigenvalue weighted by molar-refractivity contribution is 5.89. The van der Waals surface area contributed by atoms with Crippen LogP contribution in [0.15, 0.2) is 36.4 Å². The smallest absolute Gasteiger partial charge is 0.287 e. The second kappa shape index (κ2) is 7.74. The number of amides is 1. The molecule has 2 aromatic carbocycles. The molecular formula is C22H27F3N2O. The van der Waals surface area contributed by atoms with E-state index in [1.54, 1.807) is 32.0 Å². The zero-order valence-corrected chi connectivity index (χ0v) is 16.6. The Morgan fingerprint density at radius 1 is 1.11 bits per heavy atom. The van der Waals surface area contributed by atoms with Crippen molar-refractivity contribution in [1.29, 1.82) is 0 Å². The van der Waals surface area contributed by atoms with Crippen LogP contribution in [0, 0.1) is 0 Å². The van der Waals surface area contributed by atoms with Crippen LogP contribution in [0.2, 0.25) is 0 Å². The molecule has 0 spiro atoms. The SMILES string of the molecule is CCCCCc1ccc(C(N2NC(=O)CC2(C)C)C(F)(F)F)c2ccccc12. The van der Waals surface area contributed by atoms with Gasteiger partial charge < -0.3 is 0 Å². The maximum Gasteiger partial charge on any atom is 0.409 e. The molecule has 2 aromatic rings. The van der Waals surface area contributed by atoms with Crippen LogP contribution in [0.1, 0.15) is 63.6 Å². The standard InChI is InChI=1S/C22H27F3N2O/c1-4-5-6-9-15-12-13-18(17-11-8-7-10-16(15)17)20(22(23,24)25)27-21(2,3)14-19(28)26-27/h7-8,10-13,20H,4-6,9,14H2,1-3H3,(H,26,28). The quantitative estimate of drug-likeness (QED) is 0.641. The summed E-state index contributed by atoms with van der Waals surface area (Å²) in [5.74, 6) is -0.389. The number of halogens is 3. The van der Waals surface area contributed by atoms with Gasteiger partial charge in [-0.25, -0.2) is 0 Å². The summed E-state index contributed by atoms with van der Waals surface area (Å²) >= 11 is 0. The first-order valence-corrected chi connectivity index (χ1v) is 9.81. The third kappa shape index (κ3) is 4.02. The van der Waals surface area contributed by atoms with E-state index in [-0.39, 0.29) is 17.9 Å². The van der Waals surface area contributed by atoms with E-state index in [1.165, 1.54) is 0 Å². The average Bonchev–Trinajstić information content (AvgIpc) is 2.87. The molecule has 0 radical (unpaired) electrons. The Bertz CT molecular complexity index is 860. The lowest BCUT2D eigenvalue weighted by Gasteiger charge is -2.38. The van der Waals surface area contributed by atoms with E-state index < -0.39 is 17.8 Å². The summed E-state index contributed by atoms with van der Waals surface area (Å²) in [6, 6.07) is 8.77. The van der Waals surface area contributed by atoms with Gasteiger partial charge in [0.25, 0.3) is 0 Å². The number of nitrogens with zero attached hydrogens (tertiary/aromatic N) is 1. The van der Waals surface area contributed by atoms with E-state index in [4.69, 9.17) is 0 Å². The third-order valence-corrected chi connectivity index (χ3v) is 5.45. The molecule has 1 amide bonds. The predicted molar refractivity (Wildman–Crippen MR) is 105 cm³/mol. The monoisotopic (exact) mass is 392 g/mol. The zero-order chi connectivity index (χ0) is 20.5. The summed E-state index contributed by atoms with van der Waals surface area (Å²) in [6.07, 6.45) is -0.450. The lowest BCUT2D eigenvalue weighted by molar-refractivity contribution is -0.203. The van der Waals surface area contributed by atoms with Crippen molar-refractivity contribution in [3.8, 4) is 0 Å². The van der Waals surface area contributed by atoms with Gasteiger partial charge in [0.1, 0.15) is 0 Å². The molecule has 0 saturated carbocycles. The van der Waals surface area contributed by atoms with Crippen LogP contribution in [0.3, 0.4) is 0 Å². The van der Waals surface area contributed by atoms with Gasteiger partial charge in [0.05, 0.1) is 0 Å². The van der Waals surface area contributed by atoms with Gasteiger partial charge in [-0.3, -0.25) is 10.2 Å². The number of fused-ring (bicyclic) bond motifs is 1. The molecule has 6 heteroatoms. The molecule has 3 rings (SSSR count). The van der Waals surface area contributed by atoms with E-state index >= 15 is 0 Å². The minimum Gasteiger partial charge on any atom is -0.287 e. The first-order chi connectivity index (χ1) is 13.1. The Morgan fingerprint density at radius 2 is 1.79 bits per heavy atom. The summed E-state index contributed by atoms with van der Waals surface area (Å²) in [7, 11) is 0. The van der Waals surface area contributed by atoms with Gasteiger partial charge in [-0.05, 0) is 48.6 Å². The molecule has 152 valence electrons. The zero-order valence-electron chi connectivity index (χ0n) is 16.6. The van der Waals surface area contributed by atoms with Crippen LogP contribution in [0.4, 0.5) is 13.2 Å². The summed E-state index contributed by atoms with van der Waals surface area (Å²) < 4.78 is 42.6. The van der Waals surface area contributed by atoms with Gasteiger partial charge in [0.2, 0.25) is 5.91 Å². The summed E-state index contributed by atoms with van der Waals surface area (Å²) in [4.78, 5) is 11.9. The van der Waals surface area contributed by atoms with E-state index in [2.05, 4.69) is 12.3 Å². The fourth-order valence-electron chi connectivity index (χ4n) is 4.09. The van der Waals surface area contributed by atoms with Crippen molar-refractivity contribution in [3.05, 3.63) is 47.5 Å². The fraction of sp³-hybridized carbons (Fsp3) is 0.500. The van der Waals surface area contributed by atoms with Gasteiger partial charge in [-0.1, -0.05) is 56.2 Å². The average molecular weight is 392 g/mol. The number of hydrogen-bond donors (Lipinski definition) is 1. The fourth-order valence-corrected chi connectivity index (χ4v) is 4.09. The molecule has 1 atom stereocenters. The highest BCUT2D eigenvalue weighted by Crippen LogP contribution is 2.45. The van der Waals surface area contributed by atoms with Gasteiger partial charge in [-0.15, -0.1) is 0 Å². The molecule has 1 heterocycles. The van der Waals surface area contributed by atoms with Gasteiger partial charge in [-0.2, -0.15) is 18.2 Å². The third-order valence-electron chi connectivity index (χ3n) is 5.45. The Balaban J connectivity index is 2.11. The lowest BCUT2D eigenvalue weighted by Crippen LogP contribution is -2.51. The number of rotatable bonds is 6. The van der Waals surface area contributed by atoms with Gasteiger partial charge >= 0.3 is 6.18 Å². The van der Waals surface area contributed by atoms with Crippen molar-refractivity contribution in [2.75, 3.05) is 0 Å². The molecule has 1 saturated heterocycles. The van der Waals surface area contributed by atoms with E-state index in [0.29, 0.717) is 5.39 Å². The summed E-state index contributed by atoms with van der Waals surface area (Å²) in [5.41, 5.74) is 2.76. The van der Waals surface area contributed by atoms with E-state index in [0.717, 1.165) is 41.6 Å². The number of carbonyl (C=O) groups excluding carboxylic acids is 1. The summed E-state index contributed by atoms with van der Waals surface area (Å²) in [6.45, 7) is 5.44. The molecule has 28 heavy (non-hydrogen) atoms. The Labute approximate surface area is 163 Å². The summed E-state index contributed by atoms with van der Waals surface area (Å²) in [5, 5.41) is 2.53. The number of hydrogen-bond acceptors (Lipinski definition) is 2. The molecule has 0 bridgehead atoms. The molecule has 0 aromatic heterocycles. The van der Waals surface area contributed by atoms with E-state index in [1.807, 2.05) is 18.2 Å². The molecule has 1 aliphatic heterocycles. The number of nitrogens with one attached hydrogen (secondary N) is 1. The number of aryl methyl sites for hydroxylation is 1. The largest absolute Gasteiger partial charge is 0.409 e. The highest BCUT2D eigenvalue weighted by Gasteiger charge is 2.53. The number of carbonyl (C=O) groups is 1. The second-order valence-corrected chi connectivity index (χ2v) is 8.15. The van der Waals surface area contributed by atoms with Crippen molar-refractivity contribution >= 4 is 16.7 Å². The number of benzene rings is 2. The van der Waals surface area contributed by atoms with Crippen LogP contribution in [0.25, 0.3) is 10.8 Å². The van der Waals surface area contributed by atoms with E-state index in [9.17, 15) is 18.0 Å². The Morgan fingerprint density at radius 3 is 2.36 bits per heavy atom. The highest BCUT2D eigenvalue weighted by atomic mass is 19.4. The maximum absolute atomic E-state index is 14.2. The van der Waals surface area contributed by atoms with Crippen molar-refractivity contribution < 1.29 is 18.0 Å². The molecule has 3 nitrogen and oxygen atoms in total. The van der Waals surface area contributed by atoms with Crippen LogP contribution in [-0.4, -0.2) is 22.6 Å². The van der Waals surface area contributed by atoms with Crippen LogP contribution >= 0.6 is 0 Å². The topological polar surface area (TPSA) is 32.3 Å². The minimum absolute atomic E-state index is 0.0343. The maximum atomic E-state index is 14.2. The first kappa shape index (κ1) is 20.6. The molecule has 1 unspecified atom stereocenters. The van der Waals surface area contributed by atoms with Crippen molar-refractivity contribution in [2.24, 2.45) is 0 Å². The predicted octanol–water partition coefficient (Wildman–Crippen LogP) is 5.69. The molecule has 1 N–H and O–H groups in total. The molecule has 1 fully saturated rings. The molecule has 1 aliphatic rings. The van der Waals surface area contributed by atoms with Crippen LogP contribution in [0.5, 0.6) is 0 Å². The normalized spacial score (nSPS) is 18.4. The van der Waals surface area contributed by atoms with Crippen LogP contribution < -0.4 is 5.43 Å². The number of unbranched alkanes of at least 4 members (excludes halogenated alkanes) is 2. The Hall–Kier alpha value is -2.08. The van der Waals surface area contributed by atoms with Crippen molar-refractivity contribution in [1.82, 2.24) is 10.4 Å². The second-order valence-electron chi connectivity index (χ2n) is 8.15. The lowest BCUT2D eigenvalue weighted by atomic mass is 9.90. The number of hydrazine groups is 1. The molecular weight excluding hydrogens is 365 g/mol. The Kier molecular flexibility index (Phi) is 5.71.